The van der Waals surface area contributed by atoms with Crippen LogP contribution in [0.3, 0.4) is 0 Å². The summed E-state index contributed by atoms with van der Waals surface area (Å²) in [6.45, 7) is 3.00. The second kappa shape index (κ2) is 10.8. The Morgan fingerprint density at radius 1 is 0.966 bits per heavy atom. The van der Waals surface area contributed by atoms with E-state index in [2.05, 4.69) is 5.32 Å². The zero-order chi connectivity index (χ0) is 21.2. The van der Waals surface area contributed by atoms with Gasteiger partial charge in [0.05, 0.1) is 7.11 Å². The highest BCUT2D eigenvalue weighted by Crippen LogP contribution is 2.20. The summed E-state index contributed by atoms with van der Waals surface area (Å²) in [7, 11) is 1.25. The highest BCUT2D eigenvalue weighted by atomic mass is 16.6. The molecule has 0 aliphatic carbocycles. The van der Waals surface area contributed by atoms with Crippen molar-refractivity contribution in [3.63, 3.8) is 0 Å². The maximum Gasteiger partial charge on any atom is 0.344 e. The molecule has 1 atom stereocenters. The molecule has 0 unspecified atom stereocenters. The van der Waals surface area contributed by atoms with Gasteiger partial charge in [0.25, 0.3) is 5.91 Å². The molecule has 0 aromatic heterocycles. The Hall–Kier alpha value is -3.35. The standard InChI is InChI=1S/C22H25NO6/c1-15-8-7-11-19(16(15)2)28-14-21(25)29-13-20(24)23-18(22(26)27-3)12-17-9-5-4-6-10-17/h4-11,18H,12-14H2,1-3H3,(H,23,24)/t18-/m0/s1. The molecule has 0 saturated heterocycles. The Labute approximate surface area is 170 Å². The number of nitrogens with one attached hydrogen (secondary N) is 1. The molecule has 1 N–H and O–H groups in total. The molecule has 7 nitrogen and oxygen atoms in total. The lowest BCUT2D eigenvalue weighted by Crippen LogP contribution is -2.44. The van der Waals surface area contributed by atoms with Crippen LogP contribution >= 0.6 is 0 Å². The quantitative estimate of drug-likeness (QED) is 0.650. The summed E-state index contributed by atoms with van der Waals surface area (Å²) in [5, 5.41) is 2.53. The highest BCUT2D eigenvalue weighted by Gasteiger charge is 2.22. The fraction of sp³-hybridized carbons (Fsp3) is 0.318. The number of benzene rings is 2. The van der Waals surface area contributed by atoms with Gasteiger partial charge in [-0.3, -0.25) is 4.79 Å². The number of aryl methyl sites for hydroxylation is 1. The van der Waals surface area contributed by atoms with Crippen LogP contribution in [0.15, 0.2) is 48.5 Å². The topological polar surface area (TPSA) is 90.9 Å². The Morgan fingerprint density at radius 2 is 1.69 bits per heavy atom. The van der Waals surface area contributed by atoms with E-state index in [0.717, 1.165) is 16.7 Å². The molecular weight excluding hydrogens is 374 g/mol. The summed E-state index contributed by atoms with van der Waals surface area (Å²) in [5.74, 6) is -1.28. The molecule has 7 heteroatoms. The largest absolute Gasteiger partial charge is 0.482 e. The molecule has 0 saturated carbocycles. The van der Waals surface area contributed by atoms with Gasteiger partial charge in [0.1, 0.15) is 11.8 Å². The molecule has 0 fully saturated rings. The molecule has 0 bridgehead atoms. The van der Waals surface area contributed by atoms with Gasteiger partial charge in [-0.25, -0.2) is 9.59 Å². The Morgan fingerprint density at radius 3 is 2.38 bits per heavy atom. The van der Waals surface area contributed by atoms with Crippen LogP contribution < -0.4 is 10.1 Å². The van der Waals surface area contributed by atoms with E-state index >= 15 is 0 Å². The average Bonchev–Trinajstić information content (AvgIpc) is 2.73. The van der Waals surface area contributed by atoms with E-state index in [-0.39, 0.29) is 13.0 Å². The third kappa shape index (κ3) is 6.95. The second-order valence-electron chi connectivity index (χ2n) is 6.48. The van der Waals surface area contributed by atoms with E-state index in [1.807, 2.05) is 56.3 Å². The lowest BCUT2D eigenvalue weighted by atomic mass is 10.1. The number of esters is 2. The van der Waals surface area contributed by atoms with Crippen molar-refractivity contribution in [2.24, 2.45) is 0 Å². The van der Waals surface area contributed by atoms with Crippen LogP contribution in [0.25, 0.3) is 0 Å². The highest BCUT2D eigenvalue weighted by molar-refractivity contribution is 5.86. The van der Waals surface area contributed by atoms with Crippen LogP contribution in [0, 0.1) is 13.8 Å². The number of methoxy groups -OCH3 is 1. The van der Waals surface area contributed by atoms with Gasteiger partial charge in [-0.2, -0.15) is 0 Å². The van der Waals surface area contributed by atoms with Gasteiger partial charge in [-0.15, -0.1) is 0 Å². The van der Waals surface area contributed by atoms with Crippen molar-refractivity contribution in [1.82, 2.24) is 5.32 Å². The maximum atomic E-state index is 12.1. The fourth-order valence-corrected chi connectivity index (χ4v) is 2.63. The summed E-state index contributed by atoms with van der Waals surface area (Å²) in [4.78, 5) is 35.9. The third-order valence-corrected chi connectivity index (χ3v) is 4.37. The number of amides is 1. The maximum absolute atomic E-state index is 12.1. The van der Waals surface area contributed by atoms with Crippen molar-refractivity contribution >= 4 is 17.8 Å². The summed E-state index contributed by atoms with van der Waals surface area (Å²) in [6, 6.07) is 13.9. The van der Waals surface area contributed by atoms with Gasteiger partial charge in [-0.1, -0.05) is 42.5 Å². The van der Waals surface area contributed by atoms with Crippen molar-refractivity contribution in [3.05, 3.63) is 65.2 Å². The first-order valence-electron chi connectivity index (χ1n) is 9.16. The number of hydrogen-bond donors (Lipinski definition) is 1. The molecule has 0 spiro atoms. The van der Waals surface area contributed by atoms with Crippen LogP contribution in [0.2, 0.25) is 0 Å². The average molecular weight is 399 g/mol. The van der Waals surface area contributed by atoms with Gasteiger partial charge >= 0.3 is 11.9 Å². The zero-order valence-electron chi connectivity index (χ0n) is 16.8. The minimum absolute atomic E-state index is 0.267. The predicted octanol–water partition coefficient (Wildman–Crippen LogP) is 2.13. The number of carbonyl (C=O) groups is 3. The normalized spacial score (nSPS) is 11.3. The molecule has 0 aliphatic heterocycles. The second-order valence-corrected chi connectivity index (χ2v) is 6.48. The van der Waals surface area contributed by atoms with Crippen LogP contribution in [0.5, 0.6) is 5.75 Å². The molecular formula is C22H25NO6. The number of rotatable bonds is 9. The summed E-state index contributed by atoms with van der Waals surface area (Å²) in [5.41, 5.74) is 2.84. The van der Waals surface area contributed by atoms with E-state index in [1.54, 1.807) is 6.07 Å². The molecule has 0 radical (unpaired) electrons. The van der Waals surface area contributed by atoms with E-state index in [0.29, 0.717) is 5.75 Å². The molecule has 154 valence electrons. The van der Waals surface area contributed by atoms with Gasteiger partial charge in [0.2, 0.25) is 0 Å². The van der Waals surface area contributed by atoms with Crippen LogP contribution in [-0.2, 0) is 30.3 Å². The molecule has 2 aromatic carbocycles. The van der Waals surface area contributed by atoms with Crippen LogP contribution in [0.1, 0.15) is 16.7 Å². The lowest BCUT2D eigenvalue weighted by Gasteiger charge is -2.16. The van der Waals surface area contributed by atoms with Crippen LogP contribution in [-0.4, -0.2) is 44.2 Å². The third-order valence-electron chi connectivity index (χ3n) is 4.37. The number of ether oxygens (including phenoxy) is 3. The van der Waals surface area contributed by atoms with Crippen molar-refractivity contribution in [2.45, 2.75) is 26.3 Å². The first-order chi connectivity index (χ1) is 13.9. The Kier molecular flexibility index (Phi) is 8.21. The Balaban J connectivity index is 1.82. The minimum atomic E-state index is -0.875. The zero-order valence-corrected chi connectivity index (χ0v) is 16.8. The molecule has 0 aliphatic rings. The van der Waals surface area contributed by atoms with Crippen molar-refractivity contribution < 1.29 is 28.6 Å². The lowest BCUT2D eigenvalue weighted by molar-refractivity contribution is -0.151. The van der Waals surface area contributed by atoms with E-state index in [9.17, 15) is 14.4 Å². The van der Waals surface area contributed by atoms with Crippen molar-refractivity contribution in [3.8, 4) is 5.75 Å². The first kappa shape index (κ1) is 21.9. The van der Waals surface area contributed by atoms with Crippen molar-refractivity contribution in [2.75, 3.05) is 20.3 Å². The minimum Gasteiger partial charge on any atom is -0.482 e. The number of carbonyl (C=O) groups excluding carboxylic acids is 3. The van der Waals surface area contributed by atoms with Gasteiger partial charge in [0, 0.05) is 6.42 Å². The molecule has 2 rings (SSSR count). The van der Waals surface area contributed by atoms with Gasteiger partial charge in [0.15, 0.2) is 13.2 Å². The van der Waals surface area contributed by atoms with Gasteiger partial charge < -0.3 is 19.5 Å². The van der Waals surface area contributed by atoms with E-state index in [4.69, 9.17) is 14.2 Å². The molecule has 0 heterocycles. The monoisotopic (exact) mass is 399 g/mol. The van der Waals surface area contributed by atoms with Crippen LogP contribution in [0.4, 0.5) is 0 Å². The smallest absolute Gasteiger partial charge is 0.344 e. The molecule has 29 heavy (non-hydrogen) atoms. The summed E-state index contributed by atoms with van der Waals surface area (Å²) < 4.78 is 15.1. The summed E-state index contributed by atoms with van der Waals surface area (Å²) in [6.07, 6.45) is 0.267. The van der Waals surface area contributed by atoms with E-state index < -0.39 is 30.5 Å². The van der Waals surface area contributed by atoms with Gasteiger partial charge in [-0.05, 0) is 36.6 Å². The SMILES string of the molecule is COC(=O)[C@H](Cc1ccccc1)NC(=O)COC(=O)COc1cccc(C)c1C. The first-order valence-corrected chi connectivity index (χ1v) is 9.16. The Bertz CT molecular complexity index is 850. The molecule has 1 amide bonds. The van der Waals surface area contributed by atoms with E-state index in [1.165, 1.54) is 7.11 Å². The predicted molar refractivity (Wildman–Crippen MR) is 106 cm³/mol. The number of hydrogen-bond acceptors (Lipinski definition) is 6. The summed E-state index contributed by atoms with van der Waals surface area (Å²) >= 11 is 0. The molecule has 2 aromatic rings. The fourth-order valence-electron chi connectivity index (χ4n) is 2.63. The van der Waals surface area contributed by atoms with Crippen molar-refractivity contribution in [1.29, 1.82) is 0 Å².